The van der Waals surface area contributed by atoms with Gasteiger partial charge in [-0.3, -0.25) is 4.79 Å². The Morgan fingerprint density at radius 1 is 1.23 bits per heavy atom. The summed E-state index contributed by atoms with van der Waals surface area (Å²) in [6.07, 6.45) is 3.80. The minimum absolute atomic E-state index is 0.132. The summed E-state index contributed by atoms with van der Waals surface area (Å²) in [7, 11) is 0. The molecule has 3 rings (SSSR count). The maximum Gasteiger partial charge on any atom is 0.255 e. The van der Waals surface area contributed by atoms with Gasteiger partial charge in [-0.1, -0.05) is 0 Å². The van der Waals surface area contributed by atoms with E-state index in [1.165, 1.54) is 24.9 Å². The summed E-state index contributed by atoms with van der Waals surface area (Å²) in [4.78, 5) is 14.9. The molecule has 0 spiro atoms. The van der Waals surface area contributed by atoms with E-state index in [0.717, 1.165) is 22.5 Å². The van der Waals surface area contributed by atoms with Gasteiger partial charge in [0.15, 0.2) is 0 Å². The molecular formula is C21H25BrN2O2. The van der Waals surface area contributed by atoms with Gasteiger partial charge < -0.3 is 15.0 Å². The number of nitrogens with one attached hydrogen (secondary N) is 1. The first-order valence-corrected chi connectivity index (χ1v) is 9.98. The fraction of sp³-hybridized carbons (Fsp3) is 0.381. The zero-order chi connectivity index (χ0) is 18.5. The van der Waals surface area contributed by atoms with Gasteiger partial charge in [0.1, 0.15) is 5.75 Å². The number of amides is 1. The normalized spacial score (nSPS) is 17.0. The first kappa shape index (κ1) is 18.8. The van der Waals surface area contributed by atoms with Gasteiger partial charge in [-0.2, -0.15) is 0 Å². The van der Waals surface area contributed by atoms with Crippen molar-refractivity contribution in [1.82, 2.24) is 0 Å². The molecule has 2 aromatic carbocycles. The van der Waals surface area contributed by atoms with Gasteiger partial charge in [0.25, 0.3) is 5.91 Å². The van der Waals surface area contributed by atoms with Crippen LogP contribution in [0.3, 0.4) is 0 Å². The van der Waals surface area contributed by atoms with Gasteiger partial charge in [-0.25, -0.2) is 0 Å². The predicted molar refractivity (Wildman–Crippen MR) is 110 cm³/mol. The average molecular weight is 417 g/mol. The molecule has 2 aromatic rings. The summed E-state index contributed by atoms with van der Waals surface area (Å²) in [6.45, 7) is 5.90. The van der Waals surface area contributed by atoms with Crippen molar-refractivity contribution in [1.29, 1.82) is 0 Å². The van der Waals surface area contributed by atoms with E-state index >= 15 is 0 Å². The van der Waals surface area contributed by atoms with E-state index in [1.807, 2.05) is 25.1 Å². The fourth-order valence-corrected chi connectivity index (χ4v) is 3.83. The van der Waals surface area contributed by atoms with Crippen molar-refractivity contribution in [3.63, 3.8) is 0 Å². The minimum atomic E-state index is -0.132. The van der Waals surface area contributed by atoms with Gasteiger partial charge in [0, 0.05) is 29.5 Å². The maximum absolute atomic E-state index is 12.5. The Kier molecular flexibility index (Phi) is 6.20. The quantitative estimate of drug-likeness (QED) is 0.701. The Bertz CT molecular complexity index is 761. The van der Waals surface area contributed by atoms with Gasteiger partial charge >= 0.3 is 0 Å². The van der Waals surface area contributed by atoms with Crippen molar-refractivity contribution < 1.29 is 9.53 Å². The van der Waals surface area contributed by atoms with E-state index in [4.69, 9.17) is 4.74 Å². The van der Waals surface area contributed by atoms with Crippen LogP contribution >= 0.6 is 15.9 Å². The summed E-state index contributed by atoms with van der Waals surface area (Å²) in [5.74, 6) is 0.608. The van der Waals surface area contributed by atoms with Crippen LogP contribution in [0, 0.1) is 0 Å². The van der Waals surface area contributed by atoms with Crippen molar-refractivity contribution in [3.8, 4) is 5.75 Å². The Balaban J connectivity index is 1.67. The van der Waals surface area contributed by atoms with Crippen LogP contribution in [0.15, 0.2) is 46.9 Å². The van der Waals surface area contributed by atoms with Crippen LogP contribution in [0.25, 0.3) is 0 Å². The third-order valence-electron chi connectivity index (χ3n) is 4.75. The third kappa shape index (κ3) is 4.39. The number of anilines is 2. The summed E-state index contributed by atoms with van der Waals surface area (Å²) in [6, 6.07) is 14.1. The summed E-state index contributed by atoms with van der Waals surface area (Å²) >= 11 is 3.45. The number of carbonyl (C=O) groups is 1. The van der Waals surface area contributed by atoms with Crippen LogP contribution in [-0.4, -0.2) is 25.1 Å². The molecule has 1 heterocycles. The number of carbonyl (C=O) groups excluding carboxylic acids is 1. The zero-order valence-electron chi connectivity index (χ0n) is 15.3. The van der Waals surface area contributed by atoms with Crippen LogP contribution in [-0.2, 0) is 0 Å². The highest BCUT2D eigenvalue weighted by Crippen LogP contribution is 2.28. The number of rotatable bonds is 5. The maximum atomic E-state index is 12.5. The molecule has 0 bridgehead atoms. The number of halogens is 1. The molecule has 0 aromatic heterocycles. The summed E-state index contributed by atoms with van der Waals surface area (Å²) < 4.78 is 6.26. The Morgan fingerprint density at radius 3 is 2.65 bits per heavy atom. The molecule has 1 N–H and O–H groups in total. The molecule has 1 aliphatic heterocycles. The highest BCUT2D eigenvalue weighted by atomic mass is 79.9. The van der Waals surface area contributed by atoms with Crippen LogP contribution in [0.1, 0.15) is 43.5 Å². The molecule has 26 heavy (non-hydrogen) atoms. The molecule has 1 unspecified atom stereocenters. The largest absolute Gasteiger partial charge is 0.493 e. The molecular weight excluding hydrogens is 392 g/mol. The average Bonchev–Trinajstić information content (AvgIpc) is 2.65. The first-order valence-electron chi connectivity index (χ1n) is 9.19. The number of nitrogens with zero attached hydrogens (tertiary/aromatic N) is 1. The van der Waals surface area contributed by atoms with E-state index in [-0.39, 0.29) is 5.91 Å². The monoisotopic (exact) mass is 416 g/mol. The van der Waals surface area contributed by atoms with Crippen LogP contribution in [0.5, 0.6) is 5.75 Å². The molecule has 0 aliphatic carbocycles. The van der Waals surface area contributed by atoms with E-state index in [1.54, 1.807) is 12.1 Å². The number of hydrogen-bond acceptors (Lipinski definition) is 3. The number of ether oxygens (including phenoxy) is 1. The lowest BCUT2D eigenvalue weighted by Crippen LogP contribution is -2.37. The second-order valence-corrected chi connectivity index (χ2v) is 7.47. The van der Waals surface area contributed by atoms with E-state index in [2.05, 4.69) is 45.2 Å². The lowest BCUT2D eigenvalue weighted by atomic mass is 10.0. The molecule has 1 amide bonds. The van der Waals surface area contributed by atoms with E-state index < -0.39 is 0 Å². The third-order valence-corrected chi connectivity index (χ3v) is 5.37. The fourth-order valence-electron chi connectivity index (χ4n) is 3.34. The first-order chi connectivity index (χ1) is 12.6. The predicted octanol–water partition coefficient (Wildman–Crippen LogP) is 5.48. The van der Waals surface area contributed by atoms with Crippen molar-refractivity contribution >= 4 is 33.2 Å². The molecule has 1 saturated heterocycles. The number of benzene rings is 2. The SMILES string of the molecule is CCOc1ccc(C(=O)Nc2ccc(N3CCCCC3C)cc2)cc1Br. The molecule has 0 saturated carbocycles. The lowest BCUT2D eigenvalue weighted by Gasteiger charge is -2.35. The summed E-state index contributed by atoms with van der Waals surface area (Å²) in [5.41, 5.74) is 2.61. The van der Waals surface area contributed by atoms with Crippen molar-refractivity contribution in [2.45, 2.75) is 39.2 Å². The number of hydrogen-bond donors (Lipinski definition) is 1. The summed E-state index contributed by atoms with van der Waals surface area (Å²) in [5, 5.41) is 2.96. The standard InChI is InChI=1S/C21H25BrN2O2/c1-3-26-20-12-7-16(14-19(20)22)21(25)23-17-8-10-18(11-9-17)24-13-5-4-6-15(24)2/h7-12,14-15H,3-6,13H2,1-2H3,(H,23,25). The molecule has 0 radical (unpaired) electrons. The van der Waals surface area contributed by atoms with Gasteiger partial charge in [0.05, 0.1) is 11.1 Å². The Labute approximate surface area is 163 Å². The van der Waals surface area contributed by atoms with Gasteiger partial charge in [-0.15, -0.1) is 0 Å². The van der Waals surface area contributed by atoms with Crippen molar-refractivity contribution in [2.75, 3.05) is 23.4 Å². The molecule has 4 nitrogen and oxygen atoms in total. The molecule has 138 valence electrons. The highest BCUT2D eigenvalue weighted by Gasteiger charge is 2.18. The highest BCUT2D eigenvalue weighted by molar-refractivity contribution is 9.10. The van der Waals surface area contributed by atoms with Crippen LogP contribution in [0.4, 0.5) is 11.4 Å². The molecule has 5 heteroatoms. The topological polar surface area (TPSA) is 41.6 Å². The van der Waals surface area contributed by atoms with Gasteiger partial charge in [-0.05, 0) is 91.5 Å². The Hall–Kier alpha value is -2.01. The second kappa shape index (κ2) is 8.58. The van der Waals surface area contributed by atoms with E-state index in [0.29, 0.717) is 18.2 Å². The lowest BCUT2D eigenvalue weighted by molar-refractivity contribution is 0.102. The van der Waals surface area contributed by atoms with Crippen molar-refractivity contribution in [3.05, 3.63) is 52.5 Å². The zero-order valence-corrected chi connectivity index (χ0v) is 16.9. The smallest absolute Gasteiger partial charge is 0.255 e. The molecule has 1 fully saturated rings. The van der Waals surface area contributed by atoms with E-state index in [9.17, 15) is 4.79 Å². The Morgan fingerprint density at radius 2 is 2.00 bits per heavy atom. The second-order valence-electron chi connectivity index (χ2n) is 6.62. The van der Waals surface area contributed by atoms with Crippen molar-refractivity contribution in [2.24, 2.45) is 0 Å². The molecule has 1 aliphatic rings. The molecule has 1 atom stereocenters. The van der Waals surface area contributed by atoms with Crippen LogP contribution < -0.4 is 15.0 Å². The minimum Gasteiger partial charge on any atom is -0.493 e. The van der Waals surface area contributed by atoms with Crippen LogP contribution in [0.2, 0.25) is 0 Å². The van der Waals surface area contributed by atoms with Gasteiger partial charge in [0.2, 0.25) is 0 Å². The number of piperidine rings is 1.